The van der Waals surface area contributed by atoms with Gasteiger partial charge in [0, 0.05) is 111 Å². The molecule has 4 aromatic rings. The molecule has 0 bridgehead atoms. The van der Waals surface area contributed by atoms with Crippen molar-refractivity contribution in [1.29, 1.82) is 0 Å². The van der Waals surface area contributed by atoms with E-state index in [0.717, 1.165) is 22.5 Å². The summed E-state index contributed by atoms with van der Waals surface area (Å²) in [5.41, 5.74) is 0.562. The maximum Gasteiger partial charge on any atom is 0.272 e. The molecule has 5 aliphatic rings. The Kier molecular flexibility index (Phi) is 13.1. The van der Waals surface area contributed by atoms with Gasteiger partial charge in [0.1, 0.15) is 0 Å². The molecule has 380 valence electrons. The van der Waals surface area contributed by atoms with E-state index in [2.05, 4.69) is 0 Å². The van der Waals surface area contributed by atoms with E-state index >= 15 is 0 Å². The van der Waals surface area contributed by atoms with Crippen LogP contribution >= 0.6 is 0 Å². The van der Waals surface area contributed by atoms with Crippen LogP contribution in [0.5, 0.6) is 11.5 Å². The Hall–Kier alpha value is -7.40. The lowest BCUT2D eigenvalue weighted by Crippen LogP contribution is -2.58. The molecule has 5 heterocycles. The average molecular weight is 993 g/mol. The van der Waals surface area contributed by atoms with E-state index in [-0.39, 0.29) is 102 Å². The number of anilines is 4. The van der Waals surface area contributed by atoms with E-state index in [4.69, 9.17) is 28.4 Å². The Bertz CT molecular complexity index is 2700. The molecule has 0 radical (unpaired) electrons. The highest BCUT2D eigenvalue weighted by atomic mass is 16.6. The van der Waals surface area contributed by atoms with Crippen molar-refractivity contribution in [2.24, 2.45) is 0 Å². The van der Waals surface area contributed by atoms with Crippen molar-refractivity contribution in [3.05, 3.63) is 136 Å². The van der Waals surface area contributed by atoms with Gasteiger partial charge < -0.3 is 48.0 Å². The molecular weight excluding hydrogens is 937 g/mol. The van der Waals surface area contributed by atoms with Crippen LogP contribution in [0.4, 0.5) is 45.5 Å². The van der Waals surface area contributed by atoms with Crippen LogP contribution in [-0.2, 0) is 29.8 Å². The first kappa shape index (κ1) is 49.6. The van der Waals surface area contributed by atoms with Crippen LogP contribution in [0.15, 0.2) is 72.8 Å². The Labute approximate surface area is 414 Å². The van der Waals surface area contributed by atoms with E-state index in [1.165, 1.54) is 36.4 Å². The lowest BCUT2D eigenvalue weighted by atomic mass is 9.76. The number of benzene rings is 4. The second-order valence-electron chi connectivity index (χ2n) is 19.3. The fourth-order valence-electron chi connectivity index (χ4n) is 10.7. The molecule has 1 fully saturated rings. The quantitative estimate of drug-likeness (QED) is 0.132. The van der Waals surface area contributed by atoms with Gasteiger partial charge in [-0.3, -0.25) is 40.5 Å². The van der Waals surface area contributed by atoms with Gasteiger partial charge in [0.15, 0.2) is 11.5 Å². The Morgan fingerprint density at radius 2 is 0.778 bits per heavy atom. The molecule has 0 N–H and O–H groups in total. The maximum atomic E-state index is 12.3. The van der Waals surface area contributed by atoms with Crippen molar-refractivity contribution in [2.75, 3.05) is 113 Å². The zero-order valence-electron chi connectivity index (χ0n) is 40.9. The molecule has 9 rings (SSSR count). The van der Waals surface area contributed by atoms with Gasteiger partial charge in [0.2, 0.25) is 11.4 Å². The van der Waals surface area contributed by atoms with Gasteiger partial charge >= 0.3 is 0 Å². The smallest absolute Gasteiger partial charge is 0.272 e. The van der Waals surface area contributed by atoms with Crippen LogP contribution in [0.25, 0.3) is 12.2 Å². The standard InChI is InChI=1S/C50H56N8O14/c1-47(2)39-29-35(55(59)60)7-9-41(39)51(5)49(47)13-11-33-27-37(57(63)64)31-43(45(33)71-49)53-15-19-67-23-25-69-21-17-54(18-22-70-26-24-68-20-16-53)44-32-38(58(65)66)28-34-12-14-50(72-46(34)44)48(3,4)40-30-36(56(61)62)8-10-42(40)52(50)6/h7-14,27-32H,15-26H2,1-6H3. The van der Waals surface area contributed by atoms with Crippen LogP contribution in [-0.4, -0.2) is 124 Å². The third-order valence-electron chi connectivity index (χ3n) is 14.8. The molecule has 0 aromatic heterocycles. The van der Waals surface area contributed by atoms with Crippen molar-refractivity contribution in [2.45, 2.75) is 50.0 Å². The minimum absolute atomic E-state index is 0.0430. The summed E-state index contributed by atoms with van der Waals surface area (Å²) in [6.45, 7) is 10.6. The molecule has 22 heteroatoms. The molecule has 0 aliphatic carbocycles. The summed E-state index contributed by atoms with van der Waals surface area (Å²) in [4.78, 5) is 54.3. The molecule has 4 aromatic carbocycles. The molecule has 0 saturated carbocycles. The monoisotopic (exact) mass is 992 g/mol. The number of nitro benzene ring substituents is 4. The summed E-state index contributed by atoms with van der Waals surface area (Å²) < 4.78 is 38.4. The van der Waals surface area contributed by atoms with Gasteiger partial charge in [-0.1, -0.05) is 0 Å². The lowest BCUT2D eigenvalue weighted by molar-refractivity contribution is -0.385. The molecule has 2 unspecified atom stereocenters. The van der Waals surface area contributed by atoms with Crippen molar-refractivity contribution in [3.63, 3.8) is 0 Å². The van der Waals surface area contributed by atoms with Crippen LogP contribution in [0, 0.1) is 40.5 Å². The fourth-order valence-corrected chi connectivity index (χ4v) is 10.7. The first-order valence-corrected chi connectivity index (χ1v) is 23.6. The van der Waals surface area contributed by atoms with E-state index in [0.29, 0.717) is 34.0 Å². The molecule has 5 aliphatic heterocycles. The number of hydrogen-bond donors (Lipinski definition) is 0. The zero-order chi connectivity index (χ0) is 51.3. The number of ether oxygens (including phenoxy) is 6. The van der Waals surface area contributed by atoms with Crippen molar-refractivity contribution >= 4 is 57.7 Å². The summed E-state index contributed by atoms with van der Waals surface area (Å²) in [5.74, 6) is 0.807. The van der Waals surface area contributed by atoms with Gasteiger partial charge in [-0.15, -0.1) is 0 Å². The largest absolute Gasteiger partial charge is 0.461 e. The number of hydrogen-bond acceptors (Lipinski definition) is 18. The number of likely N-dealkylation sites (N-methyl/N-ethyl adjacent to an activating group) is 2. The molecular formula is C50H56N8O14. The second kappa shape index (κ2) is 19.0. The van der Waals surface area contributed by atoms with Gasteiger partial charge in [0.05, 0.1) is 94.8 Å². The SMILES string of the molecule is CN1c2ccc([N+](=O)[O-])cc2C(C)(C)C12C=Cc1cc([N+](=O)[O-])cc(N3CCOCCOCCN(c4cc([N+](=O)[O-])cc5c4OC4(C=C5)N(C)c5ccc([N+](=O)[O-])cc5C4(C)C)CCOCCOCC3)c1O2. The number of rotatable bonds is 6. The van der Waals surface area contributed by atoms with E-state index in [1.54, 1.807) is 36.4 Å². The number of nitro groups is 4. The topological polar surface area (TPSA) is 241 Å². The van der Waals surface area contributed by atoms with Gasteiger partial charge in [0.25, 0.3) is 22.7 Å². The van der Waals surface area contributed by atoms with Gasteiger partial charge in [-0.2, -0.15) is 0 Å². The van der Waals surface area contributed by atoms with Crippen molar-refractivity contribution < 1.29 is 48.1 Å². The third kappa shape index (κ3) is 8.36. The Morgan fingerprint density at radius 1 is 0.444 bits per heavy atom. The lowest BCUT2D eigenvalue weighted by Gasteiger charge is -2.46. The number of fused-ring (bicyclic) bond motifs is 4. The molecule has 72 heavy (non-hydrogen) atoms. The average Bonchev–Trinajstić information content (AvgIpc) is 3.61. The predicted octanol–water partition coefficient (Wildman–Crippen LogP) is 7.77. The first-order valence-electron chi connectivity index (χ1n) is 23.6. The molecule has 0 amide bonds. The van der Waals surface area contributed by atoms with Crippen molar-refractivity contribution in [1.82, 2.24) is 0 Å². The summed E-state index contributed by atoms with van der Waals surface area (Å²) in [5, 5.41) is 48.3. The van der Waals surface area contributed by atoms with Gasteiger partial charge in [-0.25, -0.2) is 0 Å². The summed E-state index contributed by atoms with van der Waals surface area (Å²) in [6, 6.07) is 15.4. The minimum atomic E-state index is -1.15. The minimum Gasteiger partial charge on any atom is -0.461 e. The van der Waals surface area contributed by atoms with Crippen molar-refractivity contribution in [3.8, 4) is 11.5 Å². The second-order valence-corrected chi connectivity index (χ2v) is 19.3. The first-order chi connectivity index (χ1) is 34.3. The predicted molar refractivity (Wildman–Crippen MR) is 268 cm³/mol. The van der Waals surface area contributed by atoms with Crippen LogP contribution in [0.1, 0.15) is 49.9 Å². The number of nitrogens with zero attached hydrogens (tertiary/aromatic N) is 8. The number of non-ortho nitro benzene ring substituents is 4. The Balaban J connectivity index is 0.924. The molecule has 22 nitrogen and oxygen atoms in total. The molecule has 2 spiro atoms. The highest BCUT2D eigenvalue weighted by molar-refractivity contribution is 5.81. The normalized spacial score (nSPS) is 22.8. The molecule has 2 atom stereocenters. The van der Waals surface area contributed by atoms with E-state index in [9.17, 15) is 40.5 Å². The van der Waals surface area contributed by atoms with E-state index < -0.39 is 42.0 Å². The van der Waals surface area contributed by atoms with Crippen LogP contribution in [0.3, 0.4) is 0 Å². The highest BCUT2D eigenvalue weighted by Gasteiger charge is 2.60. The summed E-state index contributed by atoms with van der Waals surface area (Å²) >= 11 is 0. The summed E-state index contributed by atoms with van der Waals surface area (Å²) in [7, 11) is 3.71. The van der Waals surface area contributed by atoms with Crippen LogP contribution < -0.4 is 29.1 Å². The third-order valence-corrected chi connectivity index (χ3v) is 14.8. The zero-order valence-corrected chi connectivity index (χ0v) is 40.9. The molecule has 1 saturated heterocycles. The Morgan fingerprint density at radius 3 is 1.10 bits per heavy atom. The highest BCUT2D eigenvalue weighted by Crippen LogP contribution is 2.58. The fraction of sp³-hybridized carbons (Fsp3) is 0.440. The summed E-state index contributed by atoms with van der Waals surface area (Å²) in [6.07, 6.45) is 7.31. The van der Waals surface area contributed by atoms with E-state index in [1.807, 2.05) is 73.5 Å². The van der Waals surface area contributed by atoms with Gasteiger partial charge in [-0.05, 0) is 75.3 Å². The maximum absolute atomic E-state index is 12.3. The van der Waals surface area contributed by atoms with Crippen LogP contribution in [0.2, 0.25) is 0 Å².